The van der Waals surface area contributed by atoms with Crippen molar-refractivity contribution < 1.29 is 28.6 Å². The minimum Gasteiger partial charge on any atom is -0.490 e. The molecule has 0 unspecified atom stereocenters. The summed E-state index contributed by atoms with van der Waals surface area (Å²) in [4.78, 5) is 40.6. The van der Waals surface area contributed by atoms with Crippen LogP contribution in [0.1, 0.15) is 22.8 Å². The van der Waals surface area contributed by atoms with Gasteiger partial charge in [0.25, 0.3) is 5.91 Å². The number of ether oxygens (including phenoxy) is 3. The van der Waals surface area contributed by atoms with E-state index in [1.165, 1.54) is 17.9 Å². The summed E-state index contributed by atoms with van der Waals surface area (Å²) in [6, 6.07) is 12.2. The van der Waals surface area contributed by atoms with E-state index in [9.17, 15) is 14.4 Å². The van der Waals surface area contributed by atoms with E-state index >= 15 is 0 Å². The van der Waals surface area contributed by atoms with Gasteiger partial charge in [0.2, 0.25) is 5.91 Å². The number of halogens is 1. The van der Waals surface area contributed by atoms with Gasteiger partial charge in [-0.05, 0) is 29.8 Å². The van der Waals surface area contributed by atoms with Crippen LogP contribution in [-0.2, 0) is 25.6 Å². The first-order valence-electron chi connectivity index (χ1n) is 11.3. The quantitative estimate of drug-likeness (QED) is 0.371. The van der Waals surface area contributed by atoms with Gasteiger partial charge in [-0.15, -0.1) is 0 Å². The van der Waals surface area contributed by atoms with Crippen molar-refractivity contribution in [3.63, 3.8) is 0 Å². The van der Waals surface area contributed by atoms with Crippen LogP contribution in [0, 0.1) is 0 Å². The number of esters is 1. The Morgan fingerprint density at radius 2 is 1.86 bits per heavy atom. The van der Waals surface area contributed by atoms with Crippen LogP contribution in [-0.4, -0.2) is 75.8 Å². The molecule has 188 valence electrons. The predicted molar refractivity (Wildman–Crippen MR) is 132 cm³/mol. The first-order chi connectivity index (χ1) is 16.9. The van der Waals surface area contributed by atoms with E-state index in [0.717, 1.165) is 5.56 Å². The van der Waals surface area contributed by atoms with Crippen LogP contribution in [0.4, 0.5) is 5.69 Å². The van der Waals surface area contributed by atoms with Crippen molar-refractivity contribution in [3.05, 3.63) is 58.6 Å². The Morgan fingerprint density at radius 3 is 2.60 bits per heavy atom. The molecule has 1 N–H and O–H groups in total. The molecule has 0 bridgehead atoms. The van der Waals surface area contributed by atoms with Crippen molar-refractivity contribution in [1.82, 2.24) is 10.2 Å². The molecule has 9 nitrogen and oxygen atoms in total. The lowest BCUT2D eigenvalue weighted by molar-refractivity contribution is -0.141. The molecule has 1 aliphatic heterocycles. The fraction of sp³-hybridized carbons (Fsp3) is 0.400. The number of hydrogen-bond donors (Lipinski definition) is 1. The Bertz CT molecular complexity index is 1050. The summed E-state index contributed by atoms with van der Waals surface area (Å²) >= 11 is 6.42. The number of amides is 2. The van der Waals surface area contributed by atoms with Crippen molar-refractivity contribution in [3.8, 4) is 5.75 Å². The van der Waals surface area contributed by atoms with Gasteiger partial charge >= 0.3 is 5.97 Å². The zero-order valence-corrected chi connectivity index (χ0v) is 20.7. The molecular formula is C25H30ClN3O6. The highest BCUT2D eigenvalue weighted by Gasteiger charge is 2.30. The SMILES string of the molecule is COCCNCCN1Cc2ccccc2N(C(=O)c2ccc(OCCOC(C)=O)cc2Cl)CC1=O. The Labute approximate surface area is 209 Å². The number of carbonyl (C=O) groups excluding carboxylic acids is 3. The summed E-state index contributed by atoms with van der Waals surface area (Å²) in [6.07, 6.45) is 0. The summed E-state index contributed by atoms with van der Waals surface area (Å²) in [5.74, 6) is -0.467. The Balaban J connectivity index is 1.73. The number of anilines is 1. The van der Waals surface area contributed by atoms with Gasteiger partial charge in [0.1, 0.15) is 25.5 Å². The third-order valence-electron chi connectivity index (χ3n) is 5.40. The van der Waals surface area contributed by atoms with Gasteiger partial charge in [0.05, 0.1) is 17.2 Å². The van der Waals surface area contributed by atoms with Crippen molar-refractivity contribution in [2.75, 3.05) is 58.0 Å². The number of methoxy groups -OCH3 is 1. The highest BCUT2D eigenvalue weighted by Crippen LogP contribution is 2.30. The highest BCUT2D eigenvalue weighted by molar-refractivity contribution is 6.34. The van der Waals surface area contributed by atoms with Crippen molar-refractivity contribution in [2.45, 2.75) is 13.5 Å². The van der Waals surface area contributed by atoms with E-state index in [-0.39, 0.29) is 48.1 Å². The van der Waals surface area contributed by atoms with Crippen LogP contribution in [0.2, 0.25) is 5.02 Å². The molecule has 1 aliphatic rings. The van der Waals surface area contributed by atoms with E-state index < -0.39 is 0 Å². The Morgan fingerprint density at radius 1 is 1.06 bits per heavy atom. The molecule has 2 aromatic carbocycles. The second-order valence-electron chi connectivity index (χ2n) is 7.91. The molecule has 0 aromatic heterocycles. The number of para-hydroxylation sites is 1. The third kappa shape index (κ3) is 7.42. The molecule has 3 rings (SSSR count). The lowest BCUT2D eigenvalue weighted by Crippen LogP contribution is -2.42. The maximum Gasteiger partial charge on any atom is 0.302 e. The van der Waals surface area contributed by atoms with Crippen molar-refractivity contribution in [2.24, 2.45) is 0 Å². The largest absolute Gasteiger partial charge is 0.490 e. The molecular weight excluding hydrogens is 474 g/mol. The minimum absolute atomic E-state index is 0.0924. The number of hydrogen-bond acceptors (Lipinski definition) is 7. The van der Waals surface area contributed by atoms with E-state index in [1.807, 2.05) is 24.3 Å². The highest BCUT2D eigenvalue weighted by atomic mass is 35.5. The van der Waals surface area contributed by atoms with Crippen molar-refractivity contribution in [1.29, 1.82) is 0 Å². The molecule has 2 amide bonds. The molecule has 0 saturated heterocycles. The summed E-state index contributed by atoms with van der Waals surface area (Å²) in [6.45, 7) is 4.33. The van der Waals surface area contributed by atoms with Crippen LogP contribution >= 0.6 is 11.6 Å². The fourth-order valence-electron chi connectivity index (χ4n) is 3.67. The smallest absolute Gasteiger partial charge is 0.302 e. The van der Waals surface area contributed by atoms with Crippen molar-refractivity contribution >= 4 is 35.1 Å². The molecule has 2 aromatic rings. The fourth-order valence-corrected chi connectivity index (χ4v) is 3.92. The molecule has 0 aliphatic carbocycles. The average molecular weight is 504 g/mol. The van der Waals surface area contributed by atoms with Crippen LogP contribution in [0.3, 0.4) is 0 Å². The number of benzene rings is 2. The topological polar surface area (TPSA) is 97.4 Å². The summed E-state index contributed by atoms with van der Waals surface area (Å²) in [7, 11) is 1.64. The summed E-state index contributed by atoms with van der Waals surface area (Å²) in [5.41, 5.74) is 1.82. The van der Waals surface area contributed by atoms with Crippen LogP contribution in [0.25, 0.3) is 0 Å². The molecule has 0 spiro atoms. The van der Waals surface area contributed by atoms with Gasteiger partial charge in [-0.3, -0.25) is 19.3 Å². The molecule has 0 radical (unpaired) electrons. The van der Waals surface area contributed by atoms with E-state index in [4.69, 9.17) is 25.8 Å². The molecule has 0 atom stereocenters. The lowest BCUT2D eigenvalue weighted by atomic mass is 10.1. The van der Waals surface area contributed by atoms with E-state index in [2.05, 4.69) is 5.32 Å². The number of fused-ring (bicyclic) bond motifs is 1. The van der Waals surface area contributed by atoms with Gasteiger partial charge in [-0.1, -0.05) is 29.8 Å². The minimum atomic E-state index is -0.388. The third-order valence-corrected chi connectivity index (χ3v) is 5.72. The van der Waals surface area contributed by atoms with Gasteiger partial charge < -0.3 is 24.4 Å². The normalized spacial score (nSPS) is 13.3. The van der Waals surface area contributed by atoms with Gasteiger partial charge in [0.15, 0.2) is 0 Å². The zero-order chi connectivity index (χ0) is 25.2. The monoisotopic (exact) mass is 503 g/mol. The Hall–Kier alpha value is -3.14. The zero-order valence-electron chi connectivity index (χ0n) is 19.9. The summed E-state index contributed by atoms with van der Waals surface area (Å²) < 4.78 is 15.4. The van der Waals surface area contributed by atoms with E-state index in [0.29, 0.717) is 44.2 Å². The lowest BCUT2D eigenvalue weighted by Gasteiger charge is -2.23. The Kier molecular flexibility index (Phi) is 9.89. The summed E-state index contributed by atoms with van der Waals surface area (Å²) in [5, 5.41) is 3.44. The van der Waals surface area contributed by atoms with Crippen LogP contribution < -0.4 is 15.0 Å². The van der Waals surface area contributed by atoms with Gasteiger partial charge in [0, 0.05) is 45.9 Å². The molecule has 10 heteroatoms. The second-order valence-corrected chi connectivity index (χ2v) is 8.32. The number of rotatable bonds is 11. The molecule has 35 heavy (non-hydrogen) atoms. The maximum absolute atomic E-state index is 13.5. The maximum atomic E-state index is 13.5. The van der Waals surface area contributed by atoms with Crippen LogP contribution in [0.5, 0.6) is 5.75 Å². The second kappa shape index (κ2) is 13.1. The first-order valence-corrected chi connectivity index (χ1v) is 11.7. The number of nitrogens with one attached hydrogen (secondary N) is 1. The van der Waals surface area contributed by atoms with E-state index in [1.54, 1.807) is 24.1 Å². The van der Waals surface area contributed by atoms with Gasteiger partial charge in [-0.25, -0.2) is 0 Å². The number of carbonyl (C=O) groups is 3. The average Bonchev–Trinajstić information content (AvgIpc) is 2.98. The molecule has 0 fully saturated rings. The predicted octanol–water partition coefficient (Wildman–Crippen LogP) is 2.51. The van der Waals surface area contributed by atoms with Crippen LogP contribution in [0.15, 0.2) is 42.5 Å². The molecule has 1 heterocycles. The van der Waals surface area contributed by atoms with Gasteiger partial charge in [-0.2, -0.15) is 0 Å². The molecule has 0 saturated carbocycles. The first kappa shape index (κ1) is 26.5. The number of nitrogens with zero attached hydrogens (tertiary/aromatic N) is 2. The standard InChI is InChI=1S/C25H30ClN3O6/c1-18(30)34-13-14-35-20-7-8-21(22(26)15-20)25(32)29-17-24(31)28(11-9-27-10-12-33-2)16-19-5-3-4-6-23(19)29/h3-8,15,27H,9-14,16-17H2,1-2H3.